The summed E-state index contributed by atoms with van der Waals surface area (Å²) in [7, 11) is 0. The number of pyridine rings is 1. The number of aryl methyl sites for hydroxylation is 1. The van der Waals surface area contributed by atoms with Crippen molar-refractivity contribution >= 4 is 32.5 Å². The number of nitrogens with zero attached hydrogens (tertiary/aromatic N) is 1. The molecule has 0 aliphatic rings. The minimum Gasteiger partial charge on any atom is -0.384 e. The normalized spacial score (nSPS) is 12.0. The van der Waals surface area contributed by atoms with Gasteiger partial charge >= 0.3 is 6.18 Å². The number of benzene rings is 1. The van der Waals surface area contributed by atoms with E-state index in [-0.39, 0.29) is 5.56 Å². The molecule has 21 heavy (non-hydrogen) atoms. The van der Waals surface area contributed by atoms with Crippen molar-refractivity contribution in [2.45, 2.75) is 33.4 Å². The summed E-state index contributed by atoms with van der Waals surface area (Å²) in [6.07, 6.45) is -3.63. The highest BCUT2D eigenvalue weighted by Gasteiger charge is 2.36. The summed E-state index contributed by atoms with van der Waals surface area (Å²) in [4.78, 5) is 3.88. The Kier molecular flexibility index (Phi) is 4.46. The maximum atomic E-state index is 13.2. The van der Waals surface area contributed by atoms with Crippen LogP contribution in [0.2, 0.25) is 0 Å². The third-order valence-electron chi connectivity index (χ3n) is 3.41. The first-order chi connectivity index (χ1) is 9.77. The number of alkyl halides is 3. The van der Waals surface area contributed by atoms with Crippen LogP contribution >= 0.6 is 15.9 Å². The molecule has 2 aromatic rings. The minimum absolute atomic E-state index is 0.144. The van der Waals surface area contributed by atoms with Gasteiger partial charge in [0.25, 0.3) is 0 Å². The predicted molar refractivity (Wildman–Crippen MR) is 82.7 cm³/mol. The monoisotopic (exact) mass is 360 g/mol. The second-order valence-corrected chi connectivity index (χ2v) is 5.81. The Morgan fingerprint density at radius 2 is 1.86 bits per heavy atom. The summed E-state index contributed by atoms with van der Waals surface area (Å²) < 4.78 is 40.4. The fourth-order valence-corrected chi connectivity index (χ4v) is 2.61. The molecule has 0 unspecified atom stereocenters. The summed E-state index contributed by atoms with van der Waals surface area (Å²) in [5, 5.41) is 3.83. The van der Waals surface area contributed by atoms with E-state index in [1.54, 1.807) is 13.0 Å². The van der Waals surface area contributed by atoms with Gasteiger partial charge < -0.3 is 5.32 Å². The number of halogens is 4. The van der Waals surface area contributed by atoms with E-state index in [0.717, 1.165) is 16.3 Å². The summed E-state index contributed by atoms with van der Waals surface area (Å²) in [5.74, 6) is 0. The first kappa shape index (κ1) is 16.1. The van der Waals surface area contributed by atoms with E-state index in [1.807, 2.05) is 13.0 Å². The molecule has 0 fully saturated rings. The zero-order chi connectivity index (χ0) is 15.8. The van der Waals surface area contributed by atoms with E-state index >= 15 is 0 Å². The summed E-state index contributed by atoms with van der Waals surface area (Å²) in [5.41, 5.74) is 0.920. The maximum absolute atomic E-state index is 13.2. The molecule has 0 saturated carbocycles. The summed E-state index contributed by atoms with van der Waals surface area (Å²) >= 11 is 3.35. The zero-order valence-corrected chi connectivity index (χ0v) is 13.6. The van der Waals surface area contributed by atoms with Gasteiger partial charge in [-0.25, -0.2) is 4.98 Å². The van der Waals surface area contributed by atoms with E-state index in [9.17, 15) is 13.2 Å². The van der Waals surface area contributed by atoms with Crippen molar-refractivity contribution < 1.29 is 13.2 Å². The number of hydrogen-bond donors (Lipinski definition) is 1. The molecule has 1 N–H and O–H groups in total. The van der Waals surface area contributed by atoms with Gasteiger partial charge in [-0.2, -0.15) is 13.2 Å². The van der Waals surface area contributed by atoms with Gasteiger partial charge in [0.2, 0.25) is 0 Å². The number of nitrogens with one attached hydrogen (secondary N) is 1. The van der Waals surface area contributed by atoms with Crippen LogP contribution in [0.25, 0.3) is 10.9 Å². The smallest absolute Gasteiger partial charge is 0.384 e. The largest absolute Gasteiger partial charge is 0.433 e. The molecule has 0 spiro atoms. The van der Waals surface area contributed by atoms with Crippen molar-refractivity contribution in [3.63, 3.8) is 0 Å². The van der Waals surface area contributed by atoms with Crippen LogP contribution in [0.1, 0.15) is 30.2 Å². The molecule has 0 atom stereocenters. The lowest BCUT2D eigenvalue weighted by Gasteiger charge is -2.18. The lowest BCUT2D eigenvalue weighted by Crippen LogP contribution is -2.14. The van der Waals surface area contributed by atoms with Gasteiger partial charge in [0, 0.05) is 27.7 Å². The van der Waals surface area contributed by atoms with Gasteiger partial charge in [-0.05, 0) is 38.0 Å². The van der Waals surface area contributed by atoms with E-state index in [2.05, 4.69) is 26.2 Å². The van der Waals surface area contributed by atoms with Gasteiger partial charge in [0.05, 0.1) is 5.52 Å². The Hall–Kier alpha value is -1.30. The number of hydrogen-bond acceptors (Lipinski definition) is 2. The van der Waals surface area contributed by atoms with Gasteiger partial charge in [0.1, 0.15) is 5.69 Å². The molecule has 1 aromatic carbocycles. The van der Waals surface area contributed by atoms with Crippen molar-refractivity contribution in [1.82, 2.24) is 4.98 Å². The molecule has 2 rings (SSSR count). The van der Waals surface area contributed by atoms with E-state index in [0.29, 0.717) is 23.3 Å². The molecule has 0 aliphatic heterocycles. The SMILES string of the molecule is CCCNc1c(C)c(C(F)(F)F)nc2c(C)c(Br)ccc12. The van der Waals surface area contributed by atoms with Crippen LogP contribution in [0.5, 0.6) is 0 Å². The van der Waals surface area contributed by atoms with Gasteiger partial charge in [-0.1, -0.05) is 22.9 Å². The highest BCUT2D eigenvalue weighted by molar-refractivity contribution is 9.10. The number of aromatic nitrogens is 1. The Labute approximate surface area is 129 Å². The van der Waals surface area contributed by atoms with Gasteiger partial charge in [-0.3, -0.25) is 0 Å². The highest BCUT2D eigenvalue weighted by atomic mass is 79.9. The van der Waals surface area contributed by atoms with Crippen molar-refractivity contribution in [1.29, 1.82) is 0 Å². The van der Waals surface area contributed by atoms with Crippen LogP contribution < -0.4 is 5.32 Å². The quantitative estimate of drug-likeness (QED) is 0.786. The molecule has 0 radical (unpaired) electrons. The van der Waals surface area contributed by atoms with Crippen LogP contribution in [-0.4, -0.2) is 11.5 Å². The average Bonchev–Trinajstić information content (AvgIpc) is 2.40. The Bertz CT molecular complexity index is 681. The van der Waals surface area contributed by atoms with Crippen LogP contribution in [0.4, 0.5) is 18.9 Å². The first-order valence-electron chi connectivity index (χ1n) is 6.67. The van der Waals surface area contributed by atoms with Crippen molar-refractivity contribution in [3.05, 3.63) is 33.4 Å². The molecule has 114 valence electrons. The molecule has 1 heterocycles. The highest BCUT2D eigenvalue weighted by Crippen LogP contribution is 2.38. The van der Waals surface area contributed by atoms with Gasteiger partial charge in [-0.15, -0.1) is 0 Å². The third-order valence-corrected chi connectivity index (χ3v) is 4.27. The van der Waals surface area contributed by atoms with Crippen LogP contribution in [-0.2, 0) is 6.18 Å². The Morgan fingerprint density at radius 3 is 2.43 bits per heavy atom. The molecular weight excluding hydrogens is 345 g/mol. The third kappa shape index (κ3) is 3.00. The number of rotatable bonds is 3. The second-order valence-electron chi connectivity index (χ2n) is 4.95. The van der Waals surface area contributed by atoms with Crippen LogP contribution in [0.3, 0.4) is 0 Å². The standard InChI is InChI=1S/C15H16BrF3N2/c1-4-7-20-12-9(3)14(15(17,18)19)21-13-8(2)11(16)6-5-10(12)13/h5-6H,4,7H2,1-3H3,(H,20,21). The minimum atomic E-state index is -4.46. The predicted octanol–water partition coefficient (Wildman–Crippen LogP) is 5.45. The number of anilines is 1. The van der Waals surface area contributed by atoms with Crippen LogP contribution in [0.15, 0.2) is 16.6 Å². The summed E-state index contributed by atoms with van der Waals surface area (Å²) in [6, 6.07) is 3.63. The molecule has 0 aliphatic carbocycles. The van der Waals surface area contributed by atoms with Crippen molar-refractivity contribution in [2.24, 2.45) is 0 Å². The fraction of sp³-hybridized carbons (Fsp3) is 0.400. The molecule has 0 bridgehead atoms. The van der Waals surface area contributed by atoms with Crippen molar-refractivity contribution in [2.75, 3.05) is 11.9 Å². The maximum Gasteiger partial charge on any atom is 0.433 e. The summed E-state index contributed by atoms with van der Waals surface area (Å²) in [6.45, 7) is 5.81. The average molecular weight is 361 g/mol. The molecule has 0 saturated heterocycles. The van der Waals surface area contributed by atoms with E-state index < -0.39 is 11.9 Å². The lowest BCUT2D eigenvalue weighted by molar-refractivity contribution is -0.141. The van der Waals surface area contributed by atoms with E-state index in [4.69, 9.17) is 0 Å². The topological polar surface area (TPSA) is 24.9 Å². The van der Waals surface area contributed by atoms with Gasteiger partial charge in [0.15, 0.2) is 0 Å². The zero-order valence-electron chi connectivity index (χ0n) is 12.0. The lowest BCUT2D eigenvalue weighted by atomic mass is 10.0. The molecule has 0 amide bonds. The first-order valence-corrected chi connectivity index (χ1v) is 7.47. The molecular formula is C15H16BrF3N2. The molecule has 6 heteroatoms. The molecule has 1 aromatic heterocycles. The van der Waals surface area contributed by atoms with Crippen molar-refractivity contribution in [3.8, 4) is 0 Å². The Morgan fingerprint density at radius 1 is 1.19 bits per heavy atom. The Balaban J connectivity index is 2.83. The number of fused-ring (bicyclic) bond motifs is 1. The van der Waals surface area contributed by atoms with Crippen LogP contribution in [0, 0.1) is 13.8 Å². The second kappa shape index (κ2) is 5.83. The van der Waals surface area contributed by atoms with E-state index in [1.165, 1.54) is 6.92 Å². The fourth-order valence-electron chi connectivity index (χ4n) is 2.29. The molecule has 2 nitrogen and oxygen atoms in total.